The third kappa shape index (κ3) is 3.61. The fraction of sp³-hybridized carbons (Fsp3) is 0.632. The minimum atomic E-state index is -0.648. The molecule has 0 spiro atoms. The lowest BCUT2D eigenvalue weighted by atomic mass is 9.53. The van der Waals surface area contributed by atoms with Gasteiger partial charge in [-0.3, -0.25) is 14.4 Å². The van der Waals surface area contributed by atoms with Crippen LogP contribution in [0.4, 0.5) is 0 Å². The Balaban J connectivity index is 1.20. The first-order chi connectivity index (χ1) is 12.5. The average molecular weight is 360 g/mol. The van der Waals surface area contributed by atoms with Gasteiger partial charge in [0.2, 0.25) is 0 Å². The summed E-state index contributed by atoms with van der Waals surface area (Å²) in [4.78, 5) is 35.7. The number of hydrogen-bond donors (Lipinski definition) is 2. The van der Waals surface area contributed by atoms with Crippen LogP contribution in [0.25, 0.3) is 0 Å². The molecule has 0 saturated heterocycles. The third-order valence-corrected chi connectivity index (χ3v) is 5.95. The first-order valence-electron chi connectivity index (χ1n) is 9.30. The number of furan rings is 1. The number of rotatable bonds is 6. The van der Waals surface area contributed by atoms with Crippen molar-refractivity contribution in [2.75, 3.05) is 13.2 Å². The Morgan fingerprint density at radius 1 is 1.12 bits per heavy atom. The summed E-state index contributed by atoms with van der Waals surface area (Å²) in [7, 11) is 0. The Morgan fingerprint density at radius 3 is 2.35 bits per heavy atom. The van der Waals surface area contributed by atoms with E-state index in [1.54, 1.807) is 6.07 Å². The molecule has 1 aromatic heterocycles. The van der Waals surface area contributed by atoms with E-state index < -0.39 is 11.9 Å². The van der Waals surface area contributed by atoms with Crippen LogP contribution in [0.1, 0.15) is 49.1 Å². The summed E-state index contributed by atoms with van der Waals surface area (Å²) in [6.07, 6.45) is 8.45. The number of amides is 2. The van der Waals surface area contributed by atoms with Crippen molar-refractivity contribution in [2.24, 2.45) is 17.8 Å². The van der Waals surface area contributed by atoms with Crippen LogP contribution >= 0.6 is 0 Å². The van der Waals surface area contributed by atoms with Crippen LogP contribution in [0.5, 0.6) is 0 Å². The topological polar surface area (TPSA) is 97.6 Å². The van der Waals surface area contributed by atoms with Crippen molar-refractivity contribution in [2.45, 2.75) is 44.1 Å². The molecule has 0 radical (unpaired) electrons. The van der Waals surface area contributed by atoms with E-state index in [0.29, 0.717) is 0 Å². The maximum Gasteiger partial charge on any atom is 0.325 e. The van der Waals surface area contributed by atoms with Gasteiger partial charge >= 0.3 is 5.97 Å². The van der Waals surface area contributed by atoms with Crippen molar-refractivity contribution in [3.05, 3.63) is 24.2 Å². The summed E-state index contributed by atoms with van der Waals surface area (Å²) >= 11 is 0. The monoisotopic (exact) mass is 360 g/mol. The molecule has 4 saturated carbocycles. The van der Waals surface area contributed by atoms with Crippen molar-refractivity contribution in [1.29, 1.82) is 0 Å². The summed E-state index contributed by atoms with van der Waals surface area (Å²) in [5, 5.41) is 5.54. The summed E-state index contributed by atoms with van der Waals surface area (Å²) in [5.41, 5.74) is -0.0915. The van der Waals surface area contributed by atoms with Gasteiger partial charge in [0.25, 0.3) is 11.8 Å². The normalized spacial score (nSPS) is 31.5. The molecular formula is C19H24N2O5. The highest BCUT2D eigenvalue weighted by atomic mass is 16.5. The van der Waals surface area contributed by atoms with Crippen LogP contribution < -0.4 is 10.6 Å². The molecule has 0 aromatic carbocycles. The second kappa shape index (κ2) is 6.78. The zero-order valence-electron chi connectivity index (χ0n) is 14.7. The highest BCUT2D eigenvalue weighted by Gasteiger charge is 2.51. The molecule has 1 aromatic rings. The van der Waals surface area contributed by atoms with Gasteiger partial charge in [-0.1, -0.05) is 0 Å². The summed E-state index contributed by atoms with van der Waals surface area (Å²) in [6.45, 7) is -0.610. The molecule has 4 fully saturated rings. The lowest BCUT2D eigenvalue weighted by Crippen LogP contribution is -2.60. The highest BCUT2D eigenvalue weighted by molar-refractivity contribution is 5.93. The van der Waals surface area contributed by atoms with Crippen LogP contribution in [-0.4, -0.2) is 36.5 Å². The van der Waals surface area contributed by atoms with Gasteiger partial charge in [0.05, 0.1) is 6.26 Å². The molecule has 4 bridgehead atoms. The Morgan fingerprint density at radius 2 is 1.77 bits per heavy atom. The fourth-order valence-corrected chi connectivity index (χ4v) is 5.44. The van der Waals surface area contributed by atoms with E-state index in [1.165, 1.54) is 31.6 Å². The van der Waals surface area contributed by atoms with E-state index in [9.17, 15) is 14.4 Å². The standard InChI is InChI=1S/C19H24N2O5/c22-16(11-26-17(23)10-20-18(24)15-2-1-3-25-15)21-19-7-12-4-13(8-19)6-14(5-12)9-19/h1-3,12-14H,4-11H2,(H,20,24)(H,21,22). The summed E-state index contributed by atoms with van der Waals surface area (Å²) in [5.74, 6) is 0.938. The number of nitrogens with one attached hydrogen (secondary N) is 2. The molecule has 140 valence electrons. The minimum absolute atomic E-state index is 0.0915. The predicted octanol–water partition coefficient (Wildman–Crippen LogP) is 1.64. The molecule has 7 nitrogen and oxygen atoms in total. The molecule has 5 rings (SSSR count). The van der Waals surface area contributed by atoms with E-state index in [4.69, 9.17) is 9.15 Å². The van der Waals surface area contributed by atoms with Gasteiger partial charge in [0.15, 0.2) is 12.4 Å². The molecule has 0 atom stereocenters. The van der Waals surface area contributed by atoms with Crippen LogP contribution in [-0.2, 0) is 14.3 Å². The van der Waals surface area contributed by atoms with Crippen LogP contribution in [0.2, 0.25) is 0 Å². The first kappa shape index (κ1) is 17.1. The van der Waals surface area contributed by atoms with Crippen molar-refractivity contribution in [1.82, 2.24) is 10.6 Å². The predicted molar refractivity (Wildman–Crippen MR) is 91.0 cm³/mol. The minimum Gasteiger partial charge on any atom is -0.459 e. The number of hydrogen-bond acceptors (Lipinski definition) is 5. The third-order valence-electron chi connectivity index (χ3n) is 5.95. The Bertz CT molecular complexity index is 662. The van der Waals surface area contributed by atoms with Gasteiger partial charge < -0.3 is 19.8 Å². The number of carbonyl (C=O) groups excluding carboxylic acids is 3. The zero-order chi connectivity index (χ0) is 18.1. The maximum absolute atomic E-state index is 12.3. The Labute approximate surface area is 151 Å². The molecule has 0 aliphatic heterocycles. The lowest BCUT2D eigenvalue weighted by Gasteiger charge is -2.56. The van der Waals surface area contributed by atoms with Crippen molar-refractivity contribution >= 4 is 17.8 Å². The SMILES string of the molecule is O=C(COC(=O)CNC(=O)c1ccco1)NC12CC3CC(CC(C3)C1)C2. The van der Waals surface area contributed by atoms with Gasteiger partial charge in [-0.15, -0.1) is 0 Å². The second-order valence-electron chi connectivity index (χ2n) is 8.07. The van der Waals surface area contributed by atoms with Gasteiger partial charge in [0, 0.05) is 5.54 Å². The molecule has 0 unspecified atom stereocenters. The fourth-order valence-electron chi connectivity index (χ4n) is 5.44. The molecule has 1 heterocycles. The van der Waals surface area contributed by atoms with Crippen LogP contribution in [0, 0.1) is 17.8 Å². The number of ether oxygens (including phenoxy) is 1. The number of carbonyl (C=O) groups is 3. The van der Waals surface area contributed by atoms with E-state index in [-0.39, 0.29) is 30.4 Å². The van der Waals surface area contributed by atoms with Crippen LogP contribution in [0.15, 0.2) is 22.8 Å². The summed E-state index contributed by atoms with van der Waals surface area (Å²) in [6, 6.07) is 3.08. The molecule has 2 amide bonds. The molecule has 26 heavy (non-hydrogen) atoms. The van der Waals surface area contributed by atoms with Gasteiger partial charge in [0.1, 0.15) is 6.54 Å². The maximum atomic E-state index is 12.3. The molecule has 2 N–H and O–H groups in total. The molecule has 4 aliphatic carbocycles. The lowest BCUT2D eigenvalue weighted by molar-refractivity contribution is -0.149. The van der Waals surface area contributed by atoms with Crippen molar-refractivity contribution in [3.63, 3.8) is 0 Å². The van der Waals surface area contributed by atoms with Crippen molar-refractivity contribution < 1.29 is 23.5 Å². The van der Waals surface area contributed by atoms with Gasteiger partial charge in [-0.05, 0) is 68.4 Å². The van der Waals surface area contributed by atoms with Gasteiger partial charge in [-0.2, -0.15) is 0 Å². The quantitative estimate of drug-likeness (QED) is 0.752. The Hall–Kier alpha value is -2.31. The summed E-state index contributed by atoms with van der Waals surface area (Å²) < 4.78 is 9.92. The highest BCUT2D eigenvalue weighted by Crippen LogP contribution is 2.55. The second-order valence-corrected chi connectivity index (χ2v) is 8.07. The average Bonchev–Trinajstić information content (AvgIpc) is 3.11. The molecular weight excluding hydrogens is 336 g/mol. The molecule has 4 aliphatic rings. The van der Waals surface area contributed by atoms with E-state index in [1.807, 2.05) is 0 Å². The largest absolute Gasteiger partial charge is 0.459 e. The molecule has 7 heteroatoms. The zero-order valence-corrected chi connectivity index (χ0v) is 14.7. The first-order valence-corrected chi connectivity index (χ1v) is 9.30. The van der Waals surface area contributed by atoms with E-state index in [2.05, 4.69) is 10.6 Å². The smallest absolute Gasteiger partial charge is 0.325 e. The van der Waals surface area contributed by atoms with Crippen molar-refractivity contribution in [3.8, 4) is 0 Å². The Kier molecular flexibility index (Phi) is 4.46. The number of esters is 1. The van der Waals surface area contributed by atoms with E-state index >= 15 is 0 Å². The van der Waals surface area contributed by atoms with Crippen LogP contribution in [0.3, 0.4) is 0 Å². The van der Waals surface area contributed by atoms with E-state index in [0.717, 1.165) is 37.0 Å². The van der Waals surface area contributed by atoms with Gasteiger partial charge in [-0.25, -0.2) is 0 Å².